The molecule has 1 aliphatic heterocycles. The molecule has 6 heteroatoms. The Morgan fingerprint density at radius 1 is 1.39 bits per heavy atom. The highest BCUT2D eigenvalue weighted by atomic mass is 32.2. The third kappa shape index (κ3) is 3.52. The Balaban J connectivity index is 1.96. The molecular formula is C12H18N2O3S. The summed E-state index contributed by atoms with van der Waals surface area (Å²) >= 11 is 0. The van der Waals surface area contributed by atoms with Crippen molar-refractivity contribution in [1.82, 2.24) is 10.0 Å². The van der Waals surface area contributed by atoms with Crippen molar-refractivity contribution in [1.29, 1.82) is 0 Å². The van der Waals surface area contributed by atoms with Gasteiger partial charge in [0.1, 0.15) is 0 Å². The molecule has 0 bridgehead atoms. The Morgan fingerprint density at radius 3 is 2.72 bits per heavy atom. The molecule has 1 fully saturated rings. The lowest BCUT2D eigenvalue weighted by atomic mass is 10.2. The number of morpholine rings is 1. The normalized spacial score (nSPS) is 20.8. The zero-order valence-electron chi connectivity index (χ0n) is 10.3. The van der Waals surface area contributed by atoms with Crippen molar-refractivity contribution in [2.24, 2.45) is 0 Å². The van der Waals surface area contributed by atoms with E-state index in [9.17, 15) is 8.42 Å². The first-order chi connectivity index (χ1) is 8.58. The average molecular weight is 270 g/mol. The van der Waals surface area contributed by atoms with Crippen LogP contribution in [0.15, 0.2) is 29.2 Å². The summed E-state index contributed by atoms with van der Waals surface area (Å²) < 4.78 is 32.0. The first-order valence-corrected chi connectivity index (χ1v) is 7.45. The van der Waals surface area contributed by atoms with Gasteiger partial charge < -0.3 is 10.1 Å². The summed E-state index contributed by atoms with van der Waals surface area (Å²) in [5.41, 5.74) is 1.04. The Labute approximate surface area is 108 Å². The third-order valence-electron chi connectivity index (χ3n) is 2.84. The van der Waals surface area contributed by atoms with Gasteiger partial charge >= 0.3 is 0 Å². The van der Waals surface area contributed by atoms with E-state index in [-0.39, 0.29) is 11.0 Å². The topological polar surface area (TPSA) is 67.4 Å². The van der Waals surface area contributed by atoms with Crippen LogP contribution >= 0.6 is 0 Å². The van der Waals surface area contributed by atoms with E-state index in [1.54, 1.807) is 24.3 Å². The van der Waals surface area contributed by atoms with Crippen LogP contribution in [0.25, 0.3) is 0 Å². The van der Waals surface area contributed by atoms with Crippen LogP contribution in [0.3, 0.4) is 0 Å². The smallest absolute Gasteiger partial charge is 0.240 e. The minimum Gasteiger partial charge on any atom is -0.374 e. The highest BCUT2D eigenvalue weighted by molar-refractivity contribution is 7.89. The highest BCUT2D eigenvalue weighted by Crippen LogP contribution is 2.10. The molecule has 0 aliphatic carbocycles. The fraction of sp³-hybridized carbons (Fsp3) is 0.500. The number of hydrogen-bond acceptors (Lipinski definition) is 4. The van der Waals surface area contributed by atoms with Crippen LogP contribution in [-0.4, -0.2) is 40.8 Å². The standard InChI is InChI=1S/C12H18N2O3S/c1-10-2-4-12(5-3-10)18(15,16)14-9-11-8-13-6-7-17-11/h2-5,11,13-14H,6-9H2,1H3. The van der Waals surface area contributed by atoms with E-state index in [0.717, 1.165) is 12.1 Å². The van der Waals surface area contributed by atoms with Crippen LogP contribution in [0, 0.1) is 6.92 Å². The molecular weight excluding hydrogens is 252 g/mol. The van der Waals surface area contributed by atoms with Crippen molar-refractivity contribution in [2.75, 3.05) is 26.2 Å². The predicted octanol–water partition coefficient (Wildman–Crippen LogP) is 0.262. The van der Waals surface area contributed by atoms with Gasteiger partial charge in [0, 0.05) is 19.6 Å². The Kier molecular flexibility index (Phi) is 4.34. The van der Waals surface area contributed by atoms with Crippen LogP contribution in [0.2, 0.25) is 0 Å². The van der Waals surface area contributed by atoms with Crippen LogP contribution in [0.4, 0.5) is 0 Å². The summed E-state index contributed by atoms with van der Waals surface area (Å²) in [5, 5.41) is 3.16. The van der Waals surface area contributed by atoms with E-state index in [1.165, 1.54) is 0 Å². The molecule has 1 saturated heterocycles. The van der Waals surface area contributed by atoms with Crippen molar-refractivity contribution in [2.45, 2.75) is 17.9 Å². The molecule has 18 heavy (non-hydrogen) atoms. The van der Waals surface area contributed by atoms with Crippen molar-refractivity contribution in [3.8, 4) is 0 Å². The maximum Gasteiger partial charge on any atom is 0.240 e. The van der Waals surface area contributed by atoms with E-state index in [1.807, 2.05) is 6.92 Å². The number of ether oxygens (including phenoxy) is 1. The number of benzene rings is 1. The van der Waals surface area contributed by atoms with Gasteiger partial charge in [-0.2, -0.15) is 0 Å². The number of aryl methyl sites for hydroxylation is 1. The van der Waals surface area contributed by atoms with Gasteiger partial charge in [0.15, 0.2) is 0 Å². The molecule has 100 valence electrons. The second-order valence-corrected chi connectivity index (χ2v) is 6.13. The number of sulfonamides is 1. The van der Waals surface area contributed by atoms with E-state index in [0.29, 0.717) is 19.7 Å². The highest BCUT2D eigenvalue weighted by Gasteiger charge is 2.18. The van der Waals surface area contributed by atoms with Gasteiger partial charge in [-0.25, -0.2) is 13.1 Å². The summed E-state index contributed by atoms with van der Waals surface area (Å²) in [6.45, 7) is 4.34. The van der Waals surface area contributed by atoms with Crippen LogP contribution < -0.4 is 10.0 Å². The molecule has 0 amide bonds. The lowest BCUT2D eigenvalue weighted by molar-refractivity contribution is 0.0324. The van der Waals surface area contributed by atoms with E-state index < -0.39 is 10.0 Å². The number of hydrogen-bond donors (Lipinski definition) is 2. The lowest BCUT2D eigenvalue weighted by Gasteiger charge is -2.23. The maximum atomic E-state index is 12.0. The minimum atomic E-state index is -3.43. The second kappa shape index (κ2) is 5.79. The molecule has 0 saturated carbocycles. The monoisotopic (exact) mass is 270 g/mol. The van der Waals surface area contributed by atoms with Crippen molar-refractivity contribution in [3.05, 3.63) is 29.8 Å². The summed E-state index contributed by atoms with van der Waals surface area (Å²) in [4.78, 5) is 0.289. The Hall–Kier alpha value is -0.950. The van der Waals surface area contributed by atoms with Gasteiger partial charge in [0.05, 0.1) is 17.6 Å². The van der Waals surface area contributed by atoms with Gasteiger partial charge in [-0.05, 0) is 19.1 Å². The zero-order chi connectivity index (χ0) is 13.0. The summed E-state index contributed by atoms with van der Waals surface area (Å²) in [7, 11) is -3.43. The zero-order valence-corrected chi connectivity index (χ0v) is 11.2. The maximum absolute atomic E-state index is 12.0. The largest absolute Gasteiger partial charge is 0.374 e. The molecule has 2 N–H and O–H groups in total. The molecule has 1 unspecified atom stereocenters. The van der Waals surface area contributed by atoms with Gasteiger partial charge in [-0.1, -0.05) is 17.7 Å². The quantitative estimate of drug-likeness (QED) is 0.823. The lowest BCUT2D eigenvalue weighted by Crippen LogP contribution is -2.45. The Bertz CT molecular complexity index is 479. The van der Waals surface area contributed by atoms with Gasteiger partial charge in [-0.15, -0.1) is 0 Å². The van der Waals surface area contributed by atoms with E-state index in [4.69, 9.17) is 4.74 Å². The van der Waals surface area contributed by atoms with Crippen LogP contribution in [-0.2, 0) is 14.8 Å². The molecule has 1 atom stereocenters. The first kappa shape index (κ1) is 13.5. The van der Waals surface area contributed by atoms with E-state index >= 15 is 0 Å². The fourth-order valence-electron chi connectivity index (χ4n) is 1.75. The van der Waals surface area contributed by atoms with Crippen molar-refractivity contribution >= 4 is 10.0 Å². The number of nitrogens with one attached hydrogen (secondary N) is 2. The van der Waals surface area contributed by atoms with Crippen molar-refractivity contribution < 1.29 is 13.2 Å². The van der Waals surface area contributed by atoms with E-state index in [2.05, 4.69) is 10.0 Å². The molecule has 0 aromatic heterocycles. The molecule has 1 aromatic rings. The fourth-order valence-corrected chi connectivity index (χ4v) is 2.82. The summed E-state index contributed by atoms with van der Waals surface area (Å²) in [6, 6.07) is 6.79. The van der Waals surface area contributed by atoms with Gasteiger partial charge in [0.2, 0.25) is 10.0 Å². The second-order valence-electron chi connectivity index (χ2n) is 4.36. The summed E-state index contributed by atoms with van der Waals surface area (Å²) in [5.74, 6) is 0. The minimum absolute atomic E-state index is 0.0982. The number of rotatable bonds is 4. The van der Waals surface area contributed by atoms with Crippen LogP contribution in [0.1, 0.15) is 5.56 Å². The van der Waals surface area contributed by atoms with Crippen LogP contribution in [0.5, 0.6) is 0 Å². The predicted molar refractivity (Wildman–Crippen MR) is 69.0 cm³/mol. The molecule has 5 nitrogen and oxygen atoms in total. The first-order valence-electron chi connectivity index (χ1n) is 5.96. The molecule has 1 aliphatic rings. The molecule has 0 spiro atoms. The third-order valence-corrected chi connectivity index (χ3v) is 4.28. The molecule has 0 radical (unpaired) electrons. The molecule has 1 heterocycles. The average Bonchev–Trinajstić information content (AvgIpc) is 2.38. The molecule has 2 rings (SSSR count). The SMILES string of the molecule is Cc1ccc(S(=O)(=O)NCC2CNCCO2)cc1. The van der Waals surface area contributed by atoms with Gasteiger partial charge in [0.25, 0.3) is 0 Å². The summed E-state index contributed by atoms with van der Waals surface area (Å²) in [6.07, 6.45) is -0.0982. The van der Waals surface area contributed by atoms with Crippen molar-refractivity contribution in [3.63, 3.8) is 0 Å². The molecule has 1 aromatic carbocycles. The van der Waals surface area contributed by atoms with Gasteiger partial charge in [-0.3, -0.25) is 0 Å². The Morgan fingerprint density at radius 2 is 2.11 bits per heavy atom.